The molecule has 1 fully saturated rings. The fourth-order valence-electron chi connectivity index (χ4n) is 2.38. The first-order valence-corrected chi connectivity index (χ1v) is 7.51. The highest BCUT2D eigenvalue weighted by atomic mass is 35.5. The van der Waals surface area contributed by atoms with Gasteiger partial charge in [0.15, 0.2) is 0 Å². The standard InChI is InChI=1S/C15H17ClN4O2/c16-11-2-1-3-13(8-11)20-14(4-5-18-20)19-15(21)9-12-10-22-7-6-17-12/h1-5,8,12,17H,6-7,9-10H2,(H,19,21). The summed E-state index contributed by atoms with van der Waals surface area (Å²) in [6, 6.07) is 9.11. The quantitative estimate of drug-likeness (QED) is 0.902. The molecular formula is C15H17ClN4O2. The Balaban J connectivity index is 1.68. The summed E-state index contributed by atoms with van der Waals surface area (Å²) in [5, 5.41) is 11.0. The van der Waals surface area contributed by atoms with Gasteiger partial charge in [0.2, 0.25) is 5.91 Å². The van der Waals surface area contributed by atoms with Gasteiger partial charge in [-0.1, -0.05) is 17.7 Å². The monoisotopic (exact) mass is 320 g/mol. The number of halogens is 1. The third-order valence-corrected chi connectivity index (χ3v) is 3.63. The maximum absolute atomic E-state index is 12.2. The predicted octanol–water partition coefficient (Wildman–Crippen LogP) is 1.84. The van der Waals surface area contributed by atoms with Crippen molar-refractivity contribution in [3.8, 4) is 5.69 Å². The van der Waals surface area contributed by atoms with E-state index in [1.54, 1.807) is 29.1 Å². The van der Waals surface area contributed by atoms with Crippen LogP contribution in [-0.4, -0.2) is 41.5 Å². The molecule has 22 heavy (non-hydrogen) atoms. The molecule has 0 radical (unpaired) electrons. The summed E-state index contributed by atoms with van der Waals surface area (Å²) in [6.45, 7) is 2.03. The molecule has 1 aliphatic rings. The van der Waals surface area contributed by atoms with Gasteiger partial charge in [0.1, 0.15) is 5.82 Å². The highest BCUT2D eigenvalue weighted by Gasteiger charge is 2.18. The number of rotatable bonds is 4. The molecule has 0 aliphatic carbocycles. The molecule has 3 rings (SSSR count). The van der Waals surface area contributed by atoms with Crippen LogP contribution in [0, 0.1) is 0 Å². The van der Waals surface area contributed by atoms with Crippen LogP contribution in [0.5, 0.6) is 0 Å². The fourth-order valence-corrected chi connectivity index (χ4v) is 2.56. The van der Waals surface area contributed by atoms with Gasteiger partial charge in [-0.15, -0.1) is 0 Å². The number of carbonyl (C=O) groups is 1. The Bertz CT molecular complexity index is 652. The van der Waals surface area contributed by atoms with Crippen LogP contribution in [-0.2, 0) is 9.53 Å². The molecule has 7 heteroatoms. The zero-order valence-corrected chi connectivity index (χ0v) is 12.7. The van der Waals surface area contributed by atoms with Crippen LogP contribution in [0.25, 0.3) is 5.69 Å². The molecule has 1 unspecified atom stereocenters. The van der Waals surface area contributed by atoms with Gasteiger partial charge < -0.3 is 15.4 Å². The van der Waals surface area contributed by atoms with Crippen molar-refractivity contribution in [2.45, 2.75) is 12.5 Å². The molecule has 1 aromatic carbocycles. The minimum absolute atomic E-state index is 0.0521. The van der Waals surface area contributed by atoms with Crippen LogP contribution in [0.2, 0.25) is 5.02 Å². The van der Waals surface area contributed by atoms with E-state index in [0.29, 0.717) is 30.5 Å². The van der Waals surface area contributed by atoms with Gasteiger partial charge in [0.05, 0.1) is 25.1 Å². The summed E-state index contributed by atoms with van der Waals surface area (Å²) < 4.78 is 7.00. The lowest BCUT2D eigenvalue weighted by Gasteiger charge is -2.23. The molecule has 1 atom stereocenters. The van der Waals surface area contributed by atoms with Gasteiger partial charge in [-0.25, -0.2) is 4.68 Å². The zero-order chi connectivity index (χ0) is 15.4. The highest BCUT2D eigenvalue weighted by molar-refractivity contribution is 6.30. The topological polar surface area (TPSA) is 68.2 Å². The van der Waals surface area contributed by atoms with Gasteiger partial charge in [-0.05, 0) is 18.2 Å². The van der Waals surface area contributed by atoms with Crippen LogP contribution in [0.4, 0.5) is 5.82 Å². The molecule has 0 bridgehead atoms. The van der Waals surface area contributed by atoms with Crippen molar-refractivity contribution in [2.24, 2.45) is 0 Å². The molecule has 1 amide bonds. The summed E-state index contributed by atoms with van der Waals surface area (Å²) in [4.78, 5) is 12.2. The van der Waals surface area contributed by atoms with Crippen molar-refractivity contribution in [1.82, 2.24) is 15.1 Å². The number of anilines is 1. The number of amides is 1. The van der Waals surface area contributed by atoms with Gasteiger partial charge in [-0.3, -0.25) is 4.79 Å². The predicted molar refractivity (Wildman–Crippen MR) is 84.4 cm³/mol. The van der Waals surface area contributed by atoms with Crippen LogP contribution in [0.15, 0.2) is 36.5 Å². The molecule has 1 aromatic heterocycles. The second kappa shape index (κ2) is 6.91. The van der Waals surface area contributed by atoms with E-state index in [4.69, 9.17) is 16.3 Å². The third kappa shape index (κ3) is 3.65. The molecule has 0 saturated carbocycles. The smallest absolute Gasteiger partial charge is 0.227 e. The van der Waals surface area contributed by atoms with E-state index < -0.39 is 0 Å². The van der Waals surface area contributed by atoms with Gasteiger partial charge in [0, 0.05) is 30.1 Å². The lowest BCUT2D eigenvalue weighted by molar-refractivity contribution is -0.117. The van der Waals surface area contributed by atoms with Crippen molar-refractivity contribution >= 4 is 23.3 Å². The molecule has 116 valence electrons. The van der Waals surface area contributed by atoms with E-state index in [9.17, 15) is 4.79 Å². The van der Waals surface area contributed by atoms with Gasteiger partial charge >= 0.3 is 0 Å². The summed E-state index contributed by atoms with van der Waals surface area (Å²) in [5.41, 5.74) is 0.798. The Morgan fingerprint density at radius 3 is 3.18 bits per heavy atom. The largest absolute Gasteiger partial charge is 0.378 e. The number of ether oxygens (including phenoxy) is 1. The maximum atomic E-state index is 12.2. The Morgan fingerprint density at radius 2 is 2.41 bits per heavy atom. The highest BCUT2D eigenvalue weighted by Crippen LogP contribution is 2.18. The van der Waals surface area contributed by atoms with E-state index in [0.717, 1.165) is 12.2 Å². The van der Waals surface area contributed by atoms with Crippen LogP contribution < -0.4 is 10.6 Å². The number of nitrogens with zero attached hydrogens (tertiary/aromatic N) is 2. The summed E-state index contributed by atoms with van der Waals surface area (Å²) >= 11 is 6.00. The number of benzene rings is 1. The summed E-state index contributed by atoms with van der Waals surface area (Å²) in [5.74, 6) is 0.538. The number of aromatic nitrogens is 2. The SMILES string of the molecule is O=C(CC1COCCN1)Nc1ccnn1-c1cccc(Cl)c1. The first-order chi connectivity index (χ1) is 10.7. The van der Waals surface area contributed by atoms with Crippen molar-refractivity contribution in [3.63, 3.8) is 0 Å². The van der Waals surface area contributed by atoms with E-state index >= 15 is 0 Å². The van der Waals surface area contributed by atoms with Crippen LogP contribution in [0.1, 0.15) is 6.42 Å². The average molecular weight is 321 g/mol. The van der Waals surface area contributed by atoms with E-state index in [2.05, 4.69) is 15.7 Å². The Hall–Kier alpha value is -1.89. The normalized spacial score (nSPS) is 18.1. The van der Waals surface area contributed by atoms with Crippen molar-refractivity contribution in [1.29, 1.82) is 0 Å². The van der Waals surface area contributed by atoms with Gasteiger partial charge in [0.25, 0.3) is 0 Å². The number of morpholine rings is 1. The number of hydrogen-bond acceptors (Lipinski definition) is 4. The first-order valence-electron chi connectivity index (χ1n) is 7.13. The lowest BCUT2D eigenvalue weighted by Crippen LogP contribution is -2.43. The third-order valence-electron chi connectivity index (χ3n) is 3.39. The Morgan fingerprint density at radius 1 is 1.50 bits per heavy atom. The average Bonchev–Trinajstić information content (AvgIpc) is 2.96. The van der Waals surface area contributed by atoms with Crippen LogP contribution >= 0.6 is 11.6 Å². The molecule has 1 aliphatic heterocycles. The molecule has 6 nitrogen and oxygen atoms in total. The van der Waals surface area contributed by atoms with Crippen molar-refractivity contribution in [2.75, 3.05) is 25.1 Å². The fraction of sp³-hybridized carbons (Fsp3) is 0.333. The van der Waals surface area contributed by atoms with Gasteiger partial charge in [-0.2, -0.15) is 5.10 Å². The number of hydrogen-bond donors (Lipinski definition) is 2. The van der Waals surface area contributed by atoms with E-state index in [1.807, 2.05) is 12.1 Å². The van der Waals surface area contributed by atoms with Crippen molar-refractivity contribution in [3.05, 3.63) is 41.6 Å². The zero-order valence-electron chi connectivity index (χ0n) is 12.0. The second-order valence-corrected chi connectivity index (χ2v) is 5.52. The Labute approximate surface area is 133 Å². The Kier molecular flexibility index (Phi) is 4.72. The minimum atomic E-state index is -0.0771. The maximum Gasteiger partial charge on any atom is 0.227 e. The molecule has 2 aromatic rings. The molecule has 2 heterocycles. The number of carbonyl (C=O) groups excluding carboxylic acids is 1. The molecule has 1 saturated heterocycles. The van der Waals surface area contributed by atoms with E-state index in [-0.39, 0.29) is 11.9 Å². The summed E-state index contributed by atoms with van der Waals surface area (Å²) in [6.07, 6.45) is 2.00. The first kappa shape index (κ1) is 15.0. The van der Waals surface area contributed by atoms with Crippen LogP contribution in [0.3, 0.4) is 0 Å². The molecule has 2 N–H and O–H groups in total. The number of nitrogens with one attached hydrogen (secondary N) is 2. The van der Waals surface area contributed by atoms with Crippen molar-refractivity contribution < 1.29 is 9.53 Å². The molecular weight excluding hydrogens is 304 g/mol. The summed E-state index contributed by atoms with van der Waals surface area (Å²) in [7, 11) is 0. The minimum Gasteiger partial charge on any atom is -0.378 e. The lowest BCUT2D eigenvalue weighted by atomic mass is 10.2. The second-order valence-electron chi connectivity index (χ2n) is 5.09. The van der Waals surface area contributed by atoms with E-state index in [1.165, 1.54) is 0 Å². The molecule has 0 spiro atoms.